The summed E-state index contributed by atoms with van der Waals surface area (Å²) in [7, 11) is 0. The lowest BCUT2D eigenvalue weighted by molar-refractivity contribution is -0.228. The maximum absolute atomic E-state index is 13.4. The quantitative estimate of drug-likeness (QED) is 0.192. The normalized spacial score (nSPS) is 27.9. The van der Waals surface area contributed by atoms with E-state index in [4.69, 9.17) is 4.74 Å². The SMILES string of the molecule is O=C(O)c1ccc(N2C(=O)[C@H](CC[C@H](O)c3ccc(F)cc3)[C@H]2c2ccc(C[C@@H]3O[C@H](CO)[C@@H](O)[C@H](O)[C@H]3O)cc2)cc1. The van der Waals surface area contributed by atoms with Crippen LogP contribution >= 0.6 is 0 Å². The van der Waals surface area contributed by atoms with E-state index in [1.165, 1.54) is 36.4 Å². The number of hydrogen-bond donors (Lipinski definition) is 6. The number of rotatable bonds is 10. The number of carbonyl (C=O) groups is 2. The van der Waals surface area contributed by atoms with Gasteiger partial charge in [0.15, 0.2) is 0 Å². The molecular formula is C32H34FNO9. The Morgan fingerprint density at radius 1 is 0.884 bits per heavy atom. The fraction of sp³-hybridized carbons (Fsp3) is 0.375. The van der Waals surface area contributed by atoms with Crippen molar-refractivity contribution in [2.45, 2.75) is 61.9 Å². The van der Waals surface area contributed by atoms with Gasteiger partial charge in [0, 0.05) is 12.1 Å². The van der Waals surface area contributed by atoms with Gasteiger partial charge in [-0.2, -0.15) is 0 Å². The number of anilines is 1. The van der Waals surface area contributed by atoms with Crippen molar-refractivity contribution in [3.63, 3.8) is 0 Å². The van der Waals surface area contributed by atoms with Crippen LogP contribution in [0.5, 0.6) is 0 Å². The fourth-order valence-electron chi connectivity index (χ4n) is 5.88. The molecule has 0 unspecified atom stereocenters. The van der Waals surface area contributed by atoms with Gasteiger partial charge in [0.25, 0.3) is 0 Å². The molecule has 0 spiro atoms. The second-order valence-electron chi connectivity index (χ2n) is 11.1. The first-order chi connectivity index (χ1) is 20.6. The maximum atomic E-state index is 13.4. The molecule has 43 heavy (non-hydrogen) atoms. The second-order valence-corrected chi connectivity index (χ2v) is 11.1. The number of carboxylic acid groups (broad SMARTS) is 1. The van der Waals surface area contributed by atoms with E-state index in [2.05, 4.69) is 0 Å². The second kappa shape index (κ2) is 12.9. The molecule has 0 aliphatic carbocycles. The topological polar surface area (TPSA) is 168 Å². The van der Waals surface area contributed by atoms with Crippen LogP contribution in [-0.4, -0.2) is 79.6 Å². The number of nitrogens with zero attached hydrogens (tertiary/aromatic N) is 1. The van der Waals surface area contributed by atoms with Crippen LogP contribution in [0.3, 0.4) is 0 Å². The van der Waals surface area contributed by atoms with Crippen LogP contribution in [0, 0.1) is 11.7 Å². The minimum atomic E-state index is -1.47. The number of aliphatic hydroxyl groups is 5. The lowest BCUT2D eigenvalue weighted by Gasteiger charge is -2.48. The molecule has 6 N–H and O–H groups in total. The smallest absolute Gasteiger partial charge is 0.335 e. The number of β-lactam (4-membered cyclic amide) rings is 1. The van der Waals surface area contributed by atoms with Crippen LogP contribution in [0.4, 0.5) is 10.1 Å². The predicted molar refractivity (Wildman–Crippen MR) is 152 cm³/mol. The van der Waals surface area contributed by atoms with E-state index in [0.29, 0.717) is 17.7 Å². The van der Waals surface area contributed by atoms with Gasteiger partial charge in [-0.3, -0.25) is 4.79 Å². The van der Waals surface area contributed by atoms with Crippen LogP contribution in [0.1, 0.15) is 52.0 Å². The summed E-state index contributed by atoms with van der Waals surface area (Å²) in [5, 5.41) is 60.0. The Hall–Kier alpha value is -3.71. The van der Waals surface area contributed by atoms with Crippen LogP contribution in [0.2, 0.25) is 0 Å². The first kappa shape index (κ1) is 30.7. The zero-order valence-electron chi connectivity index (χ0n) is 23.1. The molecule has 5 rings (SSSR count). The van der Waals surface area contributed by atoms with Gasteiger partial charge in [-0.1, -0.05) is 36.4 Å². The van der Waals surface area contributed by atoms with E-state index in [9.17, 15) is 44.6 Å². The monoisotopic (exact) mass is 595 g/mol. The van der Waals surface area contributed by atoms with E-state index in [1.807, 2.05) is 12.1 Å². The molecule has 1 amide bonds. The van der Waals surface area contributed by atoms with E-state index < -0.39 is 67.0 Å². The molecule has 2 heterocycles. The van der Waals surface area contributed by atoms with Gasteiger partial charge in [0.05, 0.1) is 36.3 Å². The molecule has 10 nitrogen and oxygen atoms in total. The maximum Gasteiger partial charge on any atom is 0.335 e. The van der Waals surface area contributed by atoms with E-state index in [1.54, 1.807) is 29.2 Å². The summed E-state index contributed by atoms with van der Waals surface area (Å²) in [5.41, 5.74) is 2.70. The third-order valence-corrected chi connectivity index (χ3v) is 8.36. The Morgan fingerprint density at radius 2 is 1.51 bits per heavy atom. The van der Waals surface area contributed by atoms with Gasteiger partial charge in [0.2, 0.25) is 5.91 Å². The van der Waals surface area contributed by atoms with E-state index in [0.717, 1.165) is 11.1 Å². The van der Waals surface area contributed by atoms with Crippen molar-refractivity contribution in [1.29, 1.82) is 0 Å². The van der Waals surface area contributed by atoms with E-state index >= 15 is 0 Å². The number of hydrogen-bond acceptors (Lipinski definition) is 8. The zero-order valence-corrected chi connectivity index (χ0v) is 23.1. The molecule has 2 aliphatic heterocycles. The summed E-state index contributed by atoms with van der Waals surface area (Å²) in [6.07, 6.45) is -6.22. The molecular weight excluding hydrogens is 561 g/mol. The van der Waals surface area contributed by atoms with Gasteiger partial charge in [0.1, 0.15) is 30.2 Å². The summed E-state index contributed by atoms with van der Waals surface area (Å²) in [4.78, 5) is 26.3. The van der Waals surface area contributed by atoms with Gasteiger partial charge in [-0.15, -0.1) is 0 Å². The highest BCUT2D eigenvalue weighted by atomic mass is 19.1. The van der Waals surface area contributed by atoms with Crippen molar-refractivity contribution >= 4 is 17.6 Å². The number of aromatic carboxylic acids is 1. The largest absolute Gasteiger partial charge is 0.478 e. The molecule has 2 saturated heterocycles. The summed E-state index contributed by atoms with van der Waals surface area (Å²) >= 11 is 0. The van der Waals surface area contributed by atoms with Crippen LogP contribution in [-0.2, 0) is 16.0 Å². The Balaban J connectivity index is 1.35. The number of benzene rings is 3. The van der Waals surface area contributed by atoms with Crippen molar-refractivity contribution in [2.75, 3.05) is 11.5 Å². The van der Waals surface area contributed by atoms with Gasteiger partial charge >= 0.3 is 5.97 Å². The Kier molecular flexibility index (Phi) is 9.21. The Morgan fingerprint density at radius 3 is 2.12 bits per heavy atom. The lowest BCUT2D eigenvalue weighted by Crippen LogP contribution is -2.59. The summed E-state index contributed by atoms with van der Waals surface area (Å²) < 4.78 is 18.9. The number of ether oxygens (including phenoxy) is 1. The van der Waals surface area contributed by atoms with Crippen LogP contribution in [0.25, 0.3) is 0 Å². The minimum absolute atomic E-state index is 0.0878. The highest BCUT2D eigenvalue weighted by Gasteiger charge is 2.48. The standard InChI is InChI=1S/C32H34FNO9/c33-21-9-5-18(6-10-21)24(36)14-13-23-27(34(31(23)40)22-11-7-20(8-12-22)32(41)42)19-3-1-17(2-4-19)15-25-28(37)30(39)29(38)26(16-35)43-25/h1-12,23-30,35-39H,13-16H2,(H,41,42)/t23-,24+,25+,26-,27-,28+,29-,30-/m1/s1. The minimum Gasteiger partial charge on any atom is -0.478 e. The van der Waals surface area contributed by atoms with Crippen molar-refractivity contribution < 1.29 is 49.4 Å². The molecule has 3 aromatic carbocycles. The van der Waals surface area contributed by atoms with E-state index in [-0.39, 0.29) is 24.3 Å². The molecule has 0 bridgehead atoms. The predicted octanol–water partition coefficient (Wildman–Crippen LogP) is 2.13. The highest BCUT2D eigenvalue weighted by Crippen LogP contribution is 2.46. The van der Waals surface area contributed by atoms with Crippen molar-refractivity contribution in [3.05, 3.63) is 101 Å². The first-order valence-corrected chi connectivity index (χ1v) is 14.1. The third-order valence-electron chi connectivity index (χ3n) is 8.36. The number of halogens is 1. The molecule has 11 heteroatoms. The third kappa shape index (κ3) is 6.32. The summed E-state index contributed by atoms with van der Waals surface area (Å²) in [5.74, 6) is -2.15. The van der Waals surface area contributed by atoms with Gasteiger partial charge in [-0.05, 0) is 65.9 Å². The molecule has 0 saturated carbocycles. The number of aliphatic hydroxyl groups excluding tert-OH is 5. The molecule has 3 aromatic rings. The van der Waals surface area contributed by atoms with Crippen molar-refractivity contribution in [1.82, 2.24) is 0 Å². The molecule has 0 aromatic heterocycles. The molecule has 0 radical (unpaired) electrons. The molecule has 2 fully saturated rings. The van der Waals surface area contributed by atoms with Gasteiger partial charge in [-0.25, -0.2) is 9.18 Å². The van der Waals surface area contributed by atoms with Crippen LogP contribution in [0.15, 0.2) is 72.8 Å². The van der Waals surface area contributed by atoms with Crippen molar-refractivity contribution in [2.24, 2.45) is 5.92 Å². The first-order valence-electron chi connectivity index (χ1n) is 14.1. The number of carbonyl (C=O) groups excluding carboxylic acids is 1. The molecule has 8 atom stereocenters. The zero-order chi connectivity index (χ0) is 30.8. The fourth-order valence-corrected chi connectivity index (χ4v) is 5.88. The lowest BCUT2D eigenvalue weighted by atomic mass is 9.78. The number of amides is 1. The Bertz CT molecular complexity index is 1410. The molecule has 228 valence electrons. The summed E-state index contributed by atoms with van der Waals surface area (Å²) in [6.45, 7) is -0.517. The average Bonchev–Trinajstić information content (AvgIpc) is 3.01. The summed E-state index contributed by atoms with van der Waals surface area (Å²) in [6, 6.07) is 18.4. The average molecular weight is 596 g/mol. The highest BCUT2D eigenvalue weighted by molar-refractivity contribution is 6.03. The van der Waals surface area contributed by atoms with Crippen molar-refractivity contribution in [3.8, 4) is 0 Å². The van der Waals surface area contributed by atoms with Crippen LogP contribution < -0.4 is 4.90 Å². The van der Waals surface area contributed by atoms with Gasteiger partial charge < -0.3 is 40.3 Å². The number of carboxylic acids is 1. The Labute approximate surface area is 247 Å². The molecule has 2 aliphatic rings.